The van der Waals surface area contributed by atoms with E-state index < -0.39 is 6.10 Å². The third kappa shape index (κ3) is 5.54. The van der Waals surface area contributed by atoms with Crippen LogP contribution in [0.1, 0.15) is 24.0 Å². The highest BCUT2D eigenvalue weighted by Crippen LogP contribution is 2.12. The number of rotatable bonds is 7. The largest absolute Gasteiger partial charge is 0.508 e. The second-order valence-electron chi connectivity index (χ2n) is 5.25. The summed E-state index contributed by atoms with van der Waals surface area (Å²) in [4.78, 5) is 11.9. The minimum absolute atomic E-state index is 0.0262. The zero-order chi connectivity index (χ0) is 15.8. The lowest BCUT2D eigenvalue weighted by atomic mass is 10.0. The molecule has 1 atom stereocenters. The predicted molar refractivity (Wildman–Crippen MR) is 87.5 cm³/mol. The van der Waals surface area contributed by atoms with Gasteiger partial charge in [0.1, 0.15) is 11.5 Å². The smallest absolute Gasteiger partial charge is 0.136 e. The van der Waals surface area contributed by atoms with Gasteiger partial charge in [0.25, 0.3) is 0 Å². The molecule has 2 aromatic rings. The molecule has 0 spiro atoms. The van der Waals surface area contributed by atoms with Crippen molar-refractivity contribution in [3.8, 4) is 5.75 Å². The second-order valence-corrected chi connectivity index (χ2v) is 5.25. The molecule has 0 unspecified atom stereocenters. The van der Waals surface area contributed by atoms with E-state index in [-0.39, 0.29) is 18.0 Å². The van der Waals surface area contributed by atoms with E-state index in [1.165, 1.54) is 0 Å². The van der Waals surface area contributed by atoms with Crippen molar-refractivity contribution in [2.75, 3.05) is 0 Å². The van der Waals surface area contributed by atoms with Gasteiger partial charge in [-0.15, -0.1) is 0 Å². The molecule has 2 aromatic carbocycles. The van der Waals surface area contributed by atoms with Gasteiger partial charge in [0, 0.05) is 12.8 Å². The van der Waals surface area contributed by atoms with Gasteiger partial charge in [0.2, 0.25) is 0 Å². The van der Waals surface area contributed by atoms with Crippen LogP contribution in [0.3, 0.4) is 0 Å². The number of benzene rings is 2. The summed E-state index contributed by atoms with van der Waals surface area (Å²) in [5.41, 5.74) is 2.00. The summed E-state index contributed by atoms with van der Waals surface area (Å²) in [5, 5.41) is 19.1. The molecule has 2 rings (SSSR count). The van der Waals surface area contributed by atoms with Gasteiger partial charge in [-0.1, -0.05) is 54.6 Å². The minimum Gasteiger partial charge on any atom is -0.508 e. The molecule has 0 saturated carbocycles. The molecule has 3 heteroatoms. The van der Waals surface area contributed by atoms with Crippen molar-refractivity contribution in [2.45, 2.75) is 25.4 Å². The van der Waals surface area contributed by atoms with Crippen molar-refractivity contribution < 1.29 is 15.0 Å². The Kier molecular flexibility index (Phi) is 5.92. The van der Waals surface area contributed by atoms with Crippen molar-refractivity contribution in [1.29, 1.82) is 0 Å². The molecule has 0 aliphatic carbocycles. The van der Waals surface area contributed by atoms with Crippen LogP contribution in [0.15, 0.2) is 60.7 Å². The molecule has 22 heavy (non-hydrogen) atoms. The van der Waals surface area contributed by atoms with Gasteiger partial charge in [0.15, 0.2) is 0 Å². The van der Waals surface area contributed by atoms with Crippen LogP contribution in [0.2, 0.25) is 0 Å². The number of phenolic OH excluding ortho intramolecular Hbond substituents is 1. The van der Waals surface area contributed by atoms with Crippen LogP contribution in [0.5, 0.6) is 5.75 Å². The molecule has 0 aromatic heterocycles. The number of aromatic hydroxyl groups is 1. The molecule has 0 aliphatic heterocycles. The second kappa shape index (κ2) is 8.15. The number of hydrogen-bond donors (Lipinski definition) is 2. The Labute approximate surface area is 130 Å². The highest BCUT2D eigenvalue weighted by Gasteiger charge is 2.08. The van der Waals surface area contributed by atoms with E-state index in [0.717, 1.165) is 11.1 Å². The zero-order valence-corrected chi connectivity index (χ0v) is 12.4. The average molecular weight is 296 g/mol. The molecular weight excluding hydrogens is 276 g/mol. The van der Waals surface area contributed by atoms with E-state index >= 15 is 0 Å². The molecule has 0 fully saturated rings. The van der Waals surface area contributed by atoms with E-state index in [1.54, 1.807) is 30.3 Å². The lowest BCUT2D eigenvalue weighted by Gasteiger charge is -2.05. The van der Waals surface area contributed by atoms with Gasteiger partial charge in [0.05, 0.1) is 6.10 Å². The first-order valence-electron chi connectivity index (χ1n) is 7.34. The van der Waals surface area contributed by atoms with Crippen molar-refractivity contribution in [1.82, 2.24) is 0 Å². The van der Waals surface area contributed by atoms with Gasteiger partial charge in [-0.05, 0) is 29.7 Å². The monoisotopic (exact) mass is 296 g/mol. The number of Topliss-reactive ketones (excluding diaryl/α,β-unsaturated/α-hetero) is 1. The number of ketones is 1. The number of carbonyl (C=O) groups is 1. The van der Waals surface area contributed by atoms with Crippen LogP contribution in [0.4, 0.5) is 0 Å². The van der Waals surface area contributed by atoms with Crippen LogP contribution < -0.4 is 0 Å². The molecular formula is C19H20O3. The van der Waals surface area contributed by atoms with Crippen LogP contribution in [0.25, 0.3) is 6.08 Å². The first kappa shape index (κ1) is 16.0. The lowest BCUT2D eigenvalue weighted by molar-refractivity contribution is -0.120. The molecule has 0 amide bonds. The Bertz CT molecular complexity index is 615. The number of phenols is 1. The molecule has 2 N–H and O–H groups in total. The van der Waals surface area contributed by atoms with Crippen molar-refractivity contribution >= 4 is 11.9 Å². The Morgan fingerprint density at radius 3 is 2.41 bits per heavy atom. The van der Waals surface area contributed by atoms with Crippen LogP contribution in [-0.2, 0) is 11.2 Å². The highest BCUT2D eigenvalue weighted by atomic mass is 16.3. The third-order valence-corrected chi connectivity index (χ3v) is 3.38. The maximum Gasteiger partial charge on any atom is 0.136 e. The summed E-state index contributed by atoms with van der Waals surface area (Å²) in [6.07, 6.45) is 3.84. The van der Waals surface area contributed by atoms with Crippen LogP contribution in [0, 0.1) is 0 Å². The minimum atomic E-state index is -0.757. The van der Waals surface area contributed by atoms with E-state index in [4.69, 9.17) is 0 Å². The Hall–Kier alpha value is -2.39. The van der Waals surface area contributed by atoms with Crippen LogP contribution >= 0.6 is 0 Å². The molecule has 0 heterocycles. The zero-order valence-electron chi connectivity index (χ0n) is 12.4. The third-order valence-electron chi connectivity index (χ3n) is 3.38. The van der Waals surface area contributed by atoms with Gasteiger partial charge in [-0.3, -0.25) is 4.79 Å². The molecule has 0 radical (unpaired) electrons. The standard InChI is InChI=1S/C19H20O3/c20-17-10-6-16(7-11-17)9-13-19(22)14-18(21)12-8-15-4-2-1-3-5-15/h1-8,10-12,18,20-21H,9,13-14H2/b12-8+/t18-/m0/s1. The van der Waals surface area contributed by atoms with Crippen molar-refractivity contribution in [3.63, 3.8) is 0 Å². The Morgan fingerprint density at radius 2 is 1.73 bits per heavy atom. The first-order chi connectivity index (χ1) is 10.6. The fraction of sp³-hybridized carbons (Fsp3) is 0.211. The number of aliphatic hydroxyl groups is 1. The summed E-state index contributed by atoms with van der Waals surface area (Å²) < 4.78 is 0. The predicted octanol–water partition coefficient (Wildman–Crippen LogP) is 3.36. The summed E-state index contributed by atoms with van der Waals surface area (Å²) >= 11 is 0. The van der Waals surface area contributed by atoms with E-state index in [9.17, 15) is 15.0 Å². The normalized spacial score (nSPS) is 12.4. The van der Waals surface area contributed by atoms with Gasteiger partial charge < -0.3 is 10.2 Å². The SMILES string of the molecule is O=C(CCc1ccc(O)cc1)C[C@@H](O)/C=C/c1ccccc1. The Balaban J connectivity index is 1.76. The van der Waals surface area contributed by atoms with E-state index in [1.807, 2.05) is 36.4 Å². The van der Waals surface area contributed by atoms with Crippen LogP contribution in [-0.4, -0.2) is 22.1 Å². The molecule has 114 valence electrons. The summed E-state index contributed by atoms with van der Waals surface area (Å²) in [6, 6.07) is 16.5. The van der Waals surface area contributed by atoms with Gasteiger partial charge >= 0.3 is 0 Å². The van der Waals surface area contributed by atoms with Crippen molar-refractivity contribution in [3.05, 3.63) is 71.8 Å². The maximum atomic E-state index is 11.9. The summed E-state index contributed by atoms with van der Waals surface area (Å²) in [6.45, 7) is 0. The highest BCUT2D eigenvalue weighted by molar-refractivity contribution is 5.79. The number of aliphatic hydroxyl groups excluding tert-OH is 1. The molecule has 0 aliphatic rings. The van der Waals surface area contributed by atoms with Gasteiger partial charge in [-0.25, -0.2) is 0 Å². The van der Waals surface area contributed by atoms with E-state index in [0.29, 0.717) is 12.8 Å². The molecule has 0 saturated heterocycles. The summed E-state index contributed by atoms with van der Waals surface area (Å²) in [5.74, 6) is 0.245. The number of aryl methyl sites for hydroxylation is 1. The maximum absolute atomic E-state index is 11.9. The summed E-state index contributed by atoms with van der Waals surface area (Å²) in [7, 11) is 0. The number of hydrogen-bond acceptors (Lipinski definition) is 3. The molecule has 0 bridgehead atoms. The van der Waals surface area contributed by atoms with Crippen molar-refractivity contribution in [2.24, 2.45) is 0 Å². The van der Waals surface area contributed by atoms with Gasteiger partial charge in [-0.2, -0.15) is 0 Å². The Morgan fingerprint density at radius 1 is 1.05 bits per heavy atom. The fourth-order valence-electron chi connectivity index (χ4n) is 2.14. The molecule has 3 nitrogen and oxygen atoms in total. The topological polar surface area (TPSA) is 57.5 Å². The quantitative estimate of drug-likeness (QED) is 0.823. The fourth-order valence-corrected chi connectivity index (χ4v) is 2.14. The van der Waals surface area contributed by atoms with E-state index in [2.05, 4.69) is 0 Å². The average Bonchev–Trinajstić information content (AvgIpc) is 2.53. The first-order valence-corrected chi connectivity index (χ1v) is 7.34. The lowest BCUT2D eigenvalue weighted by Crippen LogP contribution is -2.11. The number of carbonyl (C=O) groups excluding carboxylic acids is 1.